The molecular weight excluding hydrogens is 144 g/mol. The molecule has 0 aromatic heterocycles. The van der Waals surface area contributed by atoms with Gasteiger partial charge in [-0.25, -0.2) is 0 Å². The second kappa shape index (κ2) is 3.14. The van der Waals surface area contributed by atoms with Crippen molar-refractivity contribution in [3.63, 3.8) is 0 Å². The third-order valence-corrected chi connectivity index (χ3v) is 2.72. The Bertz CT molecular complexity index is 276. The van der Waals surface area contributed by atoms with Crippen LogP contribution in [0.5, 0.6) is 0 Å². The molecule has 0 radical (unpaired) electrons. The van der Waals surface area contributed by atoms with E-state index in [4.69, 9.17) is 0 Å². The highest BCUT2D eigenvalue weighted by molar-refractivity contribution is 5.43. The van der Waals surface area contributed by atoms with Crippen LogP contribution < -0.4 is 0 Å². The molecule has 0 aliphatic heterocycles. The van der Waals surface area contributed by atoms with Gasteiger partial charge in [0.25, 0.3) is 0 Å². The van der Waals surface area contributed by atoms with Gasteiger partial charge in [-0.05, 0) is 36.3 Å². The van der Waals surface area contributed by atoms with E-state index in [0.29, 0.717) is 0 Å². The fraction of sp³-hybridized carbons (Fsp3) is 0.333. The van der Waals surface area contributed by atoms with Crippen molar-refractivity contribution in [3.8, 4) is 0 Å². The molecule has 0 aromatic rings. The first kappa shape index (κ1) is 7.60. The average molecular weight is 158 g/mol. The fourth-order valence-electron chi connectivity index (χ4n) is 2.12. The number of hydrogen-bond donors (Lipinski definition) is 0. The maximum absolute atomic E-state index is 3.74. The normalized spacial score (nSPS) is 30.2. The van der Waals surface area contributed by atoms with E-state index in [1.54, 1.807) is 5.57 Å². The lowest BCUT2D eigenvalue weighted by atomic mass is 9.93. The van der Waals surface area contributed by atoms with Gasteiger partial charge < -0.3 is 0 Å². The van der Waals surface area contributed by atoms with Crippen LogP contribution in [-0.4, -0.2) is 0 Å². The summed E-state index contributed by atoms with van der Waals surface area (Å²) in [7, 11) is 0. The summed E-state index contributed by atoms with van der Waals surface area (Å²) in [6.45, 7) is 3.74. The van der Waals surface area contributed by atoms with Crippen LogP contribution in [0.15, 0.2) is 48.1 Å². The molecular formula is C12H14. The number of rotatable bonds is 1. The summed E-state index contributed by atoms with van der Waals surface area (Å²) in [5.74, 6) is 0.807. The van der Waals surface area contributed by atoms with Gasteiger partial charge in [0.1, 0.15) is 0 Å². The summed E-state index contributed by atoms with van der Waals surface area (Å²) >= 11 is 0. The van der Waals surface area contributed by atoms with Crippen LogP contribution in [0.25, 0.3) is 0 Å². The molecule has 2 aliphatic carbocycles. The van der Waals surface area contributed by atoms with Gasteiger partial charge in [-0.1, -0.05) is 37.0 Å². The van der Waals surface area contributed by atoms with Gasteiger partial charge in [0.15, 0.2) is 0 Å². The van der Waals surface area contributed by atoms with Crippen molar-refractivity contribution in [2.75, 3.05) is 0 Å². The summed E-state index contributed by atoms with van der Waals surface area (Å²) in [5, 5.41) is 0. The molecule has 12 heavy (non-hydrogen) atoms. The van der Waals surface area contributed by atoms with Crippen molar-refractivity contribution in [2.45, 2.75) is 19.3 Å². The van der Waals surface area contributed by atoms with Crippen LogP contribution in [0, 0.1) is 5.92 Å². The zero-order chi connectivity index (χ0) is 8.39. The van der Waals surface area contributed by atoms with Crippen molar-refractivity contribution in [1.82, 2.24) is 0 Å². The standard InChI is InChI=1S/C12H14/c1-2-5-10-8-9-11-6-3-4-7-12(10)11/h2-5,7,11H,1,6,8-9H2. The highest BCUT2D eigenvalue weighted by Crippen LogP contribution is 2.39. The molecule has 0 saturated heterocycles. The summed E-state index contributed by atoms with van der Waals surface area (Å²) in [6.07, 6.45) is 14.6. The lowest BCUT2D eigenvalue weighted by Crippen LogP contribution is -1.98. The van der Waals surface area contributed by atoms with Gasteiger partial charge in [0.2, 0.25) is 0 Å². The topological polar surface area (TPSA) is 0 Å². The Morgan fingerprint density at radius 2 is 2.42 bits per heavy atom. The van der Waals surface area contributed by atoms with Crippen LogP contribution in [0.4, 0.5) is 0 Å². The van der Waals surface area contributed by atoms with Crippen molar-refractivity contribution < 1.29 is 0 Å². The van der Waals surface area contributed by atoms with Crippen LogP contribution >= 0.6 is 0 Å². The van der Waals surface area contributed by atoms with E-state index in [9.17, 15) is 0 Å². The quantitative estimate of drug-likeness (QED) is 0.548. The van der Waals surface area contributed by atoms with E-state index in [1.165, 1.54) is 24.8 Å². The molecule has 1 unspecified atom stereocenters. The van der Waals surface area contributed by atoms with Crippen LogP contribution in [-0.2, 0) is 0 Å². The highest BCUT2D eigenvalue weighted by Gasteiger charge is 2.24. The molecule has 2 rings (SSSR count). The van der Waals surface area contributed by atoms with Gasteiger partial charge in [0, 0.05) is 0 Å². The first-order valence-electron chi connectivity index (χ1n) is 4.60. The van der Waals surface area contributed by atoms with E-state index in [2.05, 4.69) is 30.9 Å². The van der Waals surface area contributed by atoms with Gasteiger partial charge >= 0.3 is 0 Å². The third-order valence-electron chi connectivity index (χ3n) is 2.72. The first-order chi connectivity index (χ1) is 5.92. The maximum Gasteiger partial charge on any atom is -0.0121 e. The van der Waals surface area contributed by atoms with Crippen molar-refractivity contribution in [1.29, 1.82) is 0 Å². The number of allylic oxidation sites excluding steroid dienone is 7. The molecule has 2 aliphatic rings. The minimum absolute atomic E-state index is 0.807. The van der Waals surface area contributed by atoms with Gasteiger partial charge in [-0.15, -0.1) is 0 Å². The van der Waals surface area contributed by atoms with Crippen LogP contribution in [0.3, 0.4) is 0 Å². The third kappa shape index (κ3) is 1.18. The molecule has 0 amide bonds. The Kier molecular flexibility index (Phi) is 1.99. The summed E-state index contributed by atoms with van der Waals surface area (Å²) in [4.78, 5) is 0. The minimum Gasteiger partial charge on any atom is -0.0991 e. The summed E-state index contributed by atoms with van der Waals surface area (Å²) in [6, 6.07) is 0. The van der Waals surface area contributed by atoms with E-state index >= 15 is 0 Å². The second-order valence-corrected chi connectivity index (χ2v) is 3.45. The minimum atomic E-state index is 0.807. The Labute approximate surface area is 74.0 Å². The predicted molar refractivity (Wildman–Crippen MR) is 52.8 cm³/mol. The highest BCUT2D eigenvalue weighted by atomic mass is 14.3. The average Bonchev–Trinajstić information content (AvgIpc) is 2.50. The van der Waals surface area contributed by atoms with Gasteiger partial charge in [-0.2, -0.15) is 0 Å². The molecule has 1 atom stereocenters. The molecule has 0 N–H and O–H groups in total. The second-order valence-electron chi connectivity index (χ2n) is 3.45. The molecule has 1 saturated carbocycles. The van der Waals surface area contributed by atoms with E-state index in [-0.39, 0.29) is 0 Å². The zero-order valence-corrected chi connectivity index (χ0v) is 7.29. The van der Waals surface area contributed by atoms with Gasteiger partial charge in [-0.3, -0.25) is 0 Å². The fourth-order valence-corrected chi connectivity index (χ4v) is 2.12. The Hall–Kier alpha value is -1.04. The molecule has 0 nitrogen and oxygen atoms in total. The van der Waals surface area contributed by atoms with E-state index < -0.39 is 0 Å². The van der Waals surface area contributed by atoms with Crippen molar-refractivity contribution in [3.05, 3.63) is 48.1 Å². The van der Waals surface area contributed by atoms with Crippen LogP contribution in [0.1, 0.15) is 19.3 Å². The van der Waals surface area contributed by atoms with Crippen molar-refractivity contribution in [2.24, 2.45) is 5.92 Å². The number of fused-ring (bicyclic) bond motifs is 1. The molecule has 0 aromatic carbocycles. The molecule has 1 fully saturated rings. The monoisotopic (exact) mass is 158 g/mol. The summed E-state index contributed by atoms with van der Waals surface area (Å²) < 4.78 is 0. The molecule has 0 heteroatoms. The molecule has 0 heterocycles. The maximum atomic E-state index is 3.74. The molecule has 0 spiro atoms. The van der Waals surface area contributed by atoms with Crippen LogP contribution in [0.2, 0.25) is 0 Å². The zero-order valence-electron chi connectivity index (χ0n) is 7.29. The van der Waals surface area contributed by atoms with E-state index in [1.807, 2.05) is 6.08 Å². The van der Waals surface area contributed by atoms with Crippen molar-refractivity contribution >= 4 is 0 Å². The first-order valence-corrected chi connectivity index (χ1v) is 4.60. The molecule has 62 valence electrons. The Morgan fingerprint density at radius 1 is 1.50 bits per heavy atom. The largest absolute Gasteiger partial charge is 0.0991 e. The lowest BCUT2D eigenvalue weighted by Gasteiger charge is -2.12. The number of hydrogen-bond acceptors (Lipinski definition) is 0. The van der Waals surface area contributed by atoms with Gasteiger partial charge in [0.05, 0.1) is 0 Å². The SMILES string of the molecule is C=CC=C1CCC2CC=CC=C12. The predicted octanol–water partition coefficient (Wildman–Crippen LogP) is 3.40. The van der Waals surface area contributed by atoms with E-state index in [0.717, 1.165) is 5.92 Å². The Balaban J connectivity index is 2.30. The lowest BCUT2D eigenvalue weighted by molar-refractivity contribution is 0.633. The Morgan fingerprint density at radius 3 is 3.25 bits per heavy atom. The summed E-state index contributed by atoms with van der Waals surface area (Å²) in [5.41, 5.74) is 3.05. The molecule has 0 bridgehead atoms. The smallest absolute Gasteiger partial charge is 0.0121 e.